The number of aromatic nitrogens is 2. The van der Waals surface area contributed by atoms with Crippen LogP contribution < -0.4 is 0 Å². The second-order valence-corrected chi connectivity index (χ2v) is 5.04. The number of likely N-dealkylation sites (tertiary alicyclic amines) is 1. The third-order valence-corrected chi connectivity index (χ3v) is 3.86. The quantitative estimate of drug-likeness (QED) is 0.790. The zero-order chi connectivity index (χ0) is 11.9. The van der Waals surface area contributed by atoms with Crippen LogP contribution in [0.25, 0.3) is 0 Å². The molecule has 3 rings (SSSR count). The predicted molar refractivity (Wildman–Crippen MR) is 61.0 cm³/mol. The summed E-state index contributed by atoms with van der Waals surface area (Å²) in [6.07, 6.45) is 5.50. The van der Waals surface area contributed by atoms with Gasteiger partial charge in [-0.05, 0) is 31.7 Å². The highest BCUT2D eigenvalue weighted by molar-refractivity contribution is 5.83. The van der Waals surface area contributed by atoms with E-state index in [4.69, 9.17) is 0 Å². The third kappa shape index (κ3) is 1.74. The second-order valence-electron chi connectivity index (χ2n) is 5.04. The van der Waals surface area contributed by atoms with Crippen LogP contribution >= 0.6 is 0 Å². The van der Waals surface area contributed by atoms with Gasteiger partial charge in [-0.1, -0.05) is 0 Å². The number of carbonyl (C=O) groups excluding carboxylic acids is 1. The Morgan fingerprint density at radius 1 is 1.47 bits per heavy atom. The Labute approximate surface area is 99.8 Å². The first-order valence-electron chi connectivity index (χ1n) is 6.23. The van der Waals surface area contributed by atoms with E-state index in [-0.39, 0.29) is 11.8 Å². The standard InChI is InChI=1S/C12H17N3O2/c16-11(15-6-2-1-3-7-15)9-8-12(9,17)10-4-5-13-14-10/h4-5,9,17H,1-3,6-8H2,(H,13,14). The monoisotopic (exact) mass is 235 g/mol. The molecule has 1 aromatic heterocycles. The third-order valence-electron chi connectivity index (χ3n) is 3.86. The summed E-state index contributed by atoms with van der Waals surface area (Å²) in [6.45, 7) is 1.68. The average molecular weight is 235 g/mol. The number of H-pyrrole nitrogens is 1. The first kappa shape index (κ1) is 10.8. The van der Waals surface area contributed by atoms with Crippen LogP contribution in [0.15, 0.2) is 12.3 Å². The second kappa shape index (κ2) is 3.84. The van der Waals surface area contributed by atoms with Crippen LogP contribution in [0.1, 0.15) is 31.4 Å². The fraction of sp³-hybridized carbons (Fsp3) is 0.667. The fourth-order valence-electron chi connectivity index (χ4n) is 2.67. The number of hydrogen-bond donors (Lipinski definition) is 2. The zero-order valence-electron chi connectivity index (χ0n) is 9.72. The lowest BCUT2D eigenvalue weighted by Crippen LogP contribution is -2.38. The first-order chi connectivity index (χ1) is 8.22. The van der Waals surface area contributed by atoms with Gasteiger partial charge >= 0.3 is 0 Å². The van der Waals surface area contributed by atoms with Crippen LogP contribution in [0.3, 0.4) is 0 Å². The van der Waals surface area contributed by atoms with Crippen LogP contribution in [0.5, 0.6) is 0 Å². The number of piperidine rings is 1. The molecule has 1 aliphatic carbocycles. The minimum atomic E-state index is -0.995. The molecule has 0 bridgehead atoms. The number of aliphatic hydroxyl groups is 1. The van der Waals surface area contributed by atoms with E-state index in [2.05, 4.69) is 10.2 Å². The topological polar surface area (TPSA) is 69.2 Å². The van der Waals surface area contributed by atoms with Gasteiger partial charge in [0, 0.05) is 19.3 Å². The summed E-state index contributed by atoms with van der Waals surface area (Å²) < 4.78 is 0. The minimum Gasteiger partial charge on any atom is -0.383 e. The molecule has 5 nitrogen and oxygen atoms in total. The molecular weight excluding hydrogens is 218 g/mol. The van der Waals surface area contributed by atoms with Crippen molar-refractivity contribution in [2.75, 3.05) is 13.1 Å². The maximum absolute atomic E-state index is 12.2. The molecule has 2 unspecified atom stereocenters. The van der Waals surface area contributed by atoms with E-state index in [1.807, 2.05) is 4.90 Å². The van der Waals surface area contributed by atoms with Gasteiger partial charge < -0.3 is 10.0 Å². The Morgan fingerprint density at radius 2 is 2.24 bits per heavy atom. The summed E-state index contributed by atoms with van der Waals surface area (Å²) in [7, 11) is 0. The van der Waals surface area contributed by atoms with Crippen LogP contribution in [0, 0.1) is 5.92 Å². The zero-order valence-corrected chi connectivity index (χ0v) is 9.72. The summed E-state index contributed by atoms with van der Waals surface area (Å²) >= 11 is 0. The lowest BCUT2D eigenvalue weighted by atomic mass is 10.1. The molecule has 92 valence electrons. The number of hydrogen-bond acceptors (Lipinski definition) is 3. The Hall–Kier alpha value is -1.36. The molecule has 2 heterocycles. The van der Waals surface area contributed by atoms with E-state index < -0.39 is 5.60 Å². The van der Waals surface area contributed by atoms with Crippen molar-refractivity contribution < 1.29 is 9.90 Å². The molecule has 2 atom stereocenters. The molecule has 0 spiro atoms. The van der Waals surface area contributed by atoms with Crippen molar-refractivity contribution in [2.24, 2.45) is 5.92 Å². The highest BCUT2D eigenvalue weighted by atomic mass is 16.3. The largest absolute Gasteiger partial charge is 0.383 e. The minimum absolute atomic E-state index is 0.0989. The molecule has 1 saturated carbocycles. The Balaban J connectivity index is 1.69. The summed E-state index contributed by atoms with van der Waals surface area (Å²) in [5.41, 5.74) is -0.335. The normalized spacial score (nSPS) is 32.5. The van der Waals surface area contributed by atoms with E-state index in [1.54, 1.807) is 12.3 Å². The first-order valence-corrected chi connectivity index (χ1v) is 6.23. The molecule has 0 radical (unpaired) electrons. The van der Waals surface area contributed by atoms with Gasteiger partial charge in [0.1, 0.15) is 5.60 Å². The molecule has 5 heteroatoms. The summed E-state index contributed by atoms with van der Waals surface area (Å²) in [4.78, 5) is 14.1. The highest BCUT2D eigenvalue weighted by Crippen LogP contribution is 2.52. The smallest absolute Gasteiger partial charge is 0.229 e. The molecule has 2 N–H and O–H groups in total. The van der Waals surface area contributed by atoms with E-state index >= 15 is 0 Å². The van der Waals surface area contributed by atoms with Crippen LogP contribution in [-0.4, -0.2) is 39.2 Å². The van der Waals surface area contributed by atoms with Crippen molar-refractivity contribution in [2.45, 2.75) is 31.3 Å². The van der Waals surface area contributed by atoms with E-state index in [0.717, 1.165) is 25.9 Å². The lowest BCUT2D eigenvalue weighted by molar-refractivity contribution is -0.135. The molecular formula is C12H17N3O2. The van der Waals surface area contributed by atoms with Gasteiger partial charge in [0.2, 0.25) is 5.91 Å². The van der Waals surface area contributed by atoms with Gasteiger partial charge in [-0.3, -0.25) is 9.89 Å². The Bertz CT molecular complexity index is 411. The van der Waals surface area contributed by atoms with Crippen molar-refractivity contribution in [3.05, 3.63) is 18.0 Å². The van der Waals surface area contributed by atoms with Crippen LogP contribution in [-0.2, 0) is 10.4 Å². The number of amides is 1. The number of carbonyl (C=O) groups is 1. The molecule has 1 aromatic rings. The fourth-order valence-corrected chi connectivity index (χ4v) is 2.67. The average Bonchev–Trinajstić information content (AvgIpc) is 2.83. The summed E-state index contributed by atoms with van der Waals surface area (Å²) in [6, 6.07) is 1.74. The van der Waals surface area contributed by atoms with Crippen molar-refractivity contribution in [3.8, 4) is 0 Å². The number of nitrogens with one attached hydrogen (secondary N) is 1. The van der Waals surface area contributed by atoms with Crippen molar-refractivity contribution in [1.82, 2.24) is 15.1 Å². The maximum Gasteiger partial charge on any atom is 0.229 e. The van der Waals surface area contributed by atoms with Gasteiger partial charge in [-0.25, -0.2) is 0 Å². The maximum atomic E-state index is 12.2. The van der Waals surface area contributed by atoms with Gasteiger partial charge in [-0.2, -0.15) is 5.10 Å². The van der Waals surface area contributed by atoms with Crippen LogP contribution in [0.4, 0.5) is 0 Å². The Kier molecular flexibility index (Phi) is 2.43. The predicted octanol–water partition coefficient (Wildman–Crippen LogP) is 0.630. The van der Waals surface area contributed by atoms with Gasteiger partial charge in [0.25, 0.3) is 0 Å². The van der Waals surface area contributed by atoms with Crippen molar-refractivity contribution in [1.29, 1.82) is 0 Å². The highest BCUT2D eigenvalue weighted by Gasteiger charge is 2.60. The molecule has 17 heavy (non-hydrogen) atoms. The molecule has 0 aromatic carbocycles. The van der Waals surface area contributed by atoms with Gasteiger partial charge in [-0.15, -0.1) is 0 Å². The van der Waals surface area contributed by atoms with E-state index in [9.17, 15) is 9.90 Å². The van der Waals surface area contributed by atoms with Crippen molar-refractivity contribution in [3.63, 3.8) is 0 Å². The van der Waals surface area contributed by atoms with Gasteiger partial charge in [0.05, 0.1) is 11.6 Å². The van der Waals surface area contributed by atoms with E-state index in [0.29, 0.717) is 12.1 Å². The molecule has 1 aliphatic heterocycles. The van der Waals surface area contributed by atoms with Crippen LogP contribution in [0.2, 0.25) is 0 Å². The lowest BCUT2D eigenvalue weighted by Gasteiger charge is -2.27. The SMILES string of the molecule is O=C(C1CC1(O)c1ccn[nH]1)N1CCCCC1. The van der Waals surface area contributed by atoms with Gasteiger partial charge in [0.15, 0.2) is 0 Å². The number of nitrogens with zero attached hydrogens (tertiary/aromatic N) is 2. The summed E-state index contributed by atoms with van der Waals surface area (Å²) in [5.74, 6) is -0.178. The summed E-state index contributed by atoms with van der Waals surface area (Å²) in [5, 5.41) is 16.9. The van der Waals surface area contributed by atoms with Crippen molar-refractivity contribution >= 4 is 5.91 Å². The number of aromatic amines is 1. The molecule has 1 saturated heterocycles. The molecule has 2 fully saturated rings. The molecule has 2 aliphatic rings. The Morgan fingerprint density at radius 3 is 2.88 bits per heavy atom. The number of rotatable bonds is 2. The molecule has 1 amide bonds. The van der Waals surface area contributed by atoms with E-state index in [1.165, 1.54) is 6.42 Å².